The maximum atomic E-state index is 11.7. The van der Waals surface area contributed by atoms with Crippen LogP contribution in [0.4, 0.5) is 0 Å². The molecule has 0 saturated carbocycles. The van der Waals surface area contributed by atoms with Gasteiger partial charge in [-0.3, -0.25) is 4.79 Å². The van der Waals surface area contributed by atoms with Gasteiger partial charge in [-0.05, 0) is 12.2 Å². The van der Waals surface area contributed by atoms with Crippen LogP contribution < -0.4 is 5.73 Å². The molecular formula is C9H18N2OS. The van der Waals surface area contributed by atoms with Crippen molar-refractivity contribution in [2.45, 2.75) is 19.4 Å². The van der Waals surface area contributed by atoms with E-state index in [0.29, 0.717) is 12.6 Å². The molecule has 1 amide bonds. The SMILES string of the molecule is CC(CN)C(=O)N(C)C1CCSC1. The Balaban J connectivity index is 2.45. The van der Waals surface area contributed by atoms with Gasteiger partial charge in [0.1, 0.15) is 0 Å². The van der Waals surface area contributed by atoms with Crippen molar-refractivity contribution >= 4 is 17.7 Å². The first-order chi connectivity index (χ1) is 6.16. The smallest absolute Gasteiger partial charge is 0.226 e. The Morgan fingerprint density at radius 1 is 1.77 bits per heavy atom. The van der Waals surface area contributed by atoms with E-state index in [9.17, 15) is 4.79 Å². The van der Waals surface area contributed by atoms with Gasteiger partial charge < -0.3 is 10.6 Å². The molecule has 1 rings (SSSR count). The molecule has 1 aliphatic heterocycles. The van der Waals surface area contributed by atoms with Gasteiger partial charge in [-0.1, -0.05) is 6.92 Å². The van der Waals surface area contributed by atoms with Crippen molar-refractivity contribution in [3.8, 4) is 0 Å². The molecule has 2 N–H and O–H groups in total. The lowest BCUT2D eigenvalue weighted by atomic mass is 10.1. The fourth-order valence-corrected chi connectivity index (χ4v) is 2.72. The molecule has 1 aliphatic rings. The Hall–Kier alpha value is -0.220. The third-order valence-electron chi connectivity index (χ3n) is 2.58. The minimum atomic E-state index is -0.0319. The number of hydrogen-bond donors (Lipinski definition) is 1. The molecule has 13 heavy (non-hydrogen) atoms. The van der Waals surface area contributed by atoms with Gasteiger partial charge in [-0.2, -0.15) is 11.8 Å². The zero-order valence-corrected chi connectivity index (χ0v) is 9.14. The predicted octanol–water partition coefficient (Wildman–Crippen LogP) is 0.545. The first-order valence-corrected chi connectivity index (χ1v) is 5.86. The predicted molar refractivity (Wildman–Crippen MR) is 56.7 cm³/mol. The molecule has 2 atom stereocenters. The molecule has 0 radical (unpaired) electrons. The average molecular weight is 202 g/mol. The summed E-state index contributed by atoms with van der Waals surface area (Å²) >= 11 is 1.92. The molecule has 0 bridgehead atoms. The average Bonchev–Trinajstić information content (AvgIpc) is 2.67. The Bertz CT molecular complexity index is 180. The van der Waals surface area contributed by atoms with Gasteiger partial charge in [0.25, 0.3) is 0 Å². The molecule has 0 aliphatic carbocycles. The first-order valence-electron chi connectivity index (χ1n) is 4.71. The van der Waals surface area contributed by atoms with E-state index in [1.54, 1.807) is 0 Å². The van der Waals surface area contributed by atoms with Crippen molar-refractivity contribution in [3.63, 3.8) is 0 Å². The fourth-order valence-electron chi connectivity index (χ4n) is 1.46. The number of rotatable bonds is 3. The second-order valence-electron chi connectivity index (χ2n) is 3.60. The summed E-state index contributed by atoms with van der Waals surface area (Å²) in [5, 5.41) is 0. The van der Waals surface area contributed by atoms with Crippen LogP contribution >= 0.6 is 11.8 Å². The Kier molecular flexibility index (Phi) is 4.06. The number of nitrogens with zero attached hydrogens (tertiary/aromatic N) is 1. The summed E-state index contributed by atoms with van der Waals surface area (Å²) in [7, 11) is 1.89. The highest BCUT2D eigenvalue weighted by molar-refractivity contribution is 7.99. The Labute approximate surface area is 84.0 Å². The Morgan fingerprint density at radius 3 is 2.92 bits per heavy atom. The minimum absolute atomic E-state index is 0.0319. The van der Waals surface area contributed by atoms with E-state index in [1.165, 1.54) is 5.75 Å². The van der Waals surface area contributed by atoms with Gasteiger partial charge in [0.2, 0.25) is 5.91 Å². The third kappa shape index (κ3) is 2.61. The van der Waals surface area contributed by atoms with Crippen LogP contribution in [0.15, 0.2) is 0 Å². The molecule has 3 nitrogen and oxygen atoms in total. The van der Waals surface area contributed by atoms with E-state index in [2.05, 4.69) is 0 Å². The second kappa shape index (κ2) is 4.86. The van der Waals surface area contributed by atoms with Gasteiger partial charge in [0, 0.05) is 31.3 Å². The van der Waals surface area contributed by atoms with Gasteiger partial charge >= 0.3 is 0 Å². The third-order valence-corrected chi connectivity index (χ3v) is 3.72. The van der Waals surface area contributed by atoms with Crippen LogP contribution in [0.25, 0.3) is 0 Å². The minimum Gasteiger partial charge on any atom is -0.342 e. The van der Waals surface area contributed by atoms with Crippen LogP contribution in [0.1, 0.15) is 13.3 Å². The molecule has 4 heteroatoms. The second-order valence-corrected chi connectivity index (χ2v) is 4.75. The van der Waals surface area contributed by atoms with Crippen molar-refractivity contribution in [2.24, 2.45) is 11.7 Å². The number of carbonyl (C=O) groups excluding carboxylic acids is 1. The van der Waals surface area contributed by atoms with E-state index in [-0.39, 0.29) is 11.8 Å². The summed E-state index contributed by atoms with van der Waals surface area (Å²) in [6.07, 6.45) is 1.13. The van der Waals surface area contributed by atoms with Gasteiger partial charge in [-0.25, -0.2) is 0 Å². The zero-order chi connectivity index (χ0) is 9.84. The highest BCUT2D eigenvalue weighted by Crippen LogP contribution is 2.22. The summed E-state index contributed by atoms with van der Waals surface area (Å²) in [4.78, 5) is 13.6. The zero-order valence-electron chi connectivity index (χ0n) is 8.32. The molecule has 0 spiro atoms. The number of thioether (sulfide) groups is 1. The van der Waals surface area contributed by atoms with Crippen LogP contribution in [-0.4, -0.2) is 41.9 Å². The largest absolute Gasteiger partial charge is 0.342 e. The molecule has 0 aromatic rings. The lowest BCUT2D eigenvalue weighted by molar-refractivity contribution is -0.135. The molecule has 2 unspecified atom stereocenters. The lowest BCUT2D eigenvalue weighted by Gasteiger charge is -2.26. The quantitative estimate of drug-likeness (QED) is 0.727. The van der Waals surface area contributed by atoms with Crippen LogP contribution in [0, 0.1) is 5.92 Å². The molecule has 1 heterocycles. The first kappa shape index (κ1) is 10.9. The monoisotopic (exact) mass is 202 g/mol. The van der Waals surface area contributed by atoms with Gasteiger partial charge in [0.05, 0.1) is 0 Å². The Morgan fingerprint density at radius 2 is 2.46 bits per heavy atom. The number of amides is 1. The normalized spacial score (nSPS) is 24.4. The highest BCUT2D eigenvalue weighted by Gasteiger charge is 2.25. The molecule has 0 aromatic carbocycles. The van der Waals surface area contributed by atoms with Crippen molar-refractivity contribution in [1.29, 1.82) is 0 Å². The molecule has 1 saturated heterocycles. The topological polar surface area (TPSA) is 46.3 Å². The number of nitrogens with two attached hydrogens (primary N) is 1. The van der Waals surface area contributed by atoms with Crippen molar-refractivity contribution in [2.75, 3.05) is 25.1 Å². The summed E-state index contributed by atoms with van der Waals surface area (Å²) < 4.78 is 0. The summed E-state index contributed by atoms with van der Waals surface area (Å²) in [6, 6.07) is 0.437. The highest BCUT2D eigenvalue weighted by atomic mass is 32.2. The van der Waals surface area contributed by atoms with Crippen molar-refractivity contribution in [3.05, 3.63) is 0 Å². The van der Waals surface area contributed by atoms with E-state index < -0.39 is 0 Å². The van der Waals surface area contributed by atoms with Crippen LogP contribution in [0.2, 0.25) is 0 Å². The van der Waals surface area contributed by atoms with Crippen LogP contribution in [0.5, 0.6) is 0 Å². The molecule has 0 aromatic heterocycles. The van der Waals surface area contributed by atoms with Gasteiger partial charge in [-0.15, -0.1) is 0 Å². The van der Waals surface area contributed by atoms with Crippen molar-refractivity contribution < 1.29 is 4.79 Å². The standard InChI is InChI=1S/C9H18N2OS/c1-7(5-10)9(12)11(2)8-3-4-13-6-8/h7-8H,3-6,10H2,1-2H3. The number of carbonyl (C=O) groups is 1. The van der Waals surface area contributed by atoms with E-state index >= 15 is 0 Å². The summed E-state index contributed by atoms with van der Waals surface area (Å²) in [6.45, 7) is 2.34. The molecule has 1 fully saturated rings. The summed E-state index contributed by atoms with van der Waals surface area (Å²) in [5.41, 5.74) is 5.46. The number of hydrogen-bond acceptors (Lipinski definition) is 3. The van der Waals surface area contributed by atoms with Crippen LogP contribution in [0.3, 0.4) is 0 Å². The summed E-state index contributed by atoms with van der Waals surface area (Å²) in [5.74, 6) is 2.42. The van der Waals surface area contributed by atoms with E-state index in [0.717, 1.165) is 12.2 Å². The fraction of sp³-hybridized carbons (Fsp3) is 0.889. The lowest BCUT2D eigenvalue weighted by Crippen LogP contribution is -2.41. The molecule has 76 valence electrons. The van der Waals surface area contributed by atoms with Gasteiger partial charge in [0.15, 0.2) is 0 Å². The maximum Gasteiger partial charge on any atom is 0.226 e. The van der Waals surface area contributed by atoms with E-state index in [4.69, 9.17) is 5.73 Å². The van der Waals surface area contributed by atoms with Crippen molar-refractivity contribution in [1.82, 2.24) is 4.90 Å². The maximum absolute atomic E-state index is 11.7. The van der Waals surface area contributed by atoms with E-state index in [1.807, 2.05) is 30.6 Å². The van der Waals surface area contributed by atoms with Crippen LogP contribution in [-0.2, 0) is 4.79 Å². The molecular weight excluding hydrogens is 184 g/mol.